The first-order valence-corrected chi connectivity index (χ1v) is 13.3. The monoisotopic (exact) mass is 482 g/mol. The predicted octanol–water partition coefficient (Wildman–Crippen LogP) is -0.177. The molecule has 9 nitrogen and oxygen atoms in total. The minimum Gasteiger partial charge on any atom is -0.394 e. The molecule has 0 aromatic heterocycles. The highest BCUT2D eigenvalue weighted by Gasteiger charge is 2.74. The molecule has 1 spiro atoms. The van der Waals surface area contributed by atoms with Gasteiger partial charge in [0.15, 0.2) is 0 Å². The maximum absolute atomic E-state index is 13.8. The third-order valence-electron chi connectivity index (χ3n) is 7.74. The lowest BCUT2D eigenvalue weighted by atomic mass is 9.70. The fraction of sp³-hybridized carbons (Fsp3) is 0.870. The van der Waals surface area contributed by atoms with Gasteiger partial charge in [-0.1, -0.05) is 13.8 Å². The molecule has 4 rings (SSSR count). The molecule has 4 aliphatic rings. The van der Waals surface area contributed by atoms with Crippen molar-refractivity contribution in [2.75, 3.05) is 52.5 Å². The molecule has 4 fully saturated rings. The van der Waals surface area contributed by atoms with Crippen molar-refractivity contribution >= 4 is 29.5 Å². The molecule has 33 heavy (non-hydrogen) atoms. The maximum atomic E-state index is 13.8. The number of morpholine rings is 1. The minimum absolute atomic E-state index is 0.0656. The highest BCUT2D eigenvalue weighted by Crippen LogP contribution is 2.66. The van der Waals surface area contributed by atoms with Crippen LogP contribution in [0.15, 0.2) is 0 Å². The molecule has 0 saturated carbocycles. The highest BCUT2D eigenvalue weighted by atomic mass is 32.2. The van der Waals surface area contributed by atoms with E-state index in [1.54, 1.807) is 16.7 Å². The molecule has 0 aromatic rings. The first kappa shape index (κ1) is 24.8. The molecule has 10 heteroatoms. The zero-order valence-corrected chi connectivity index (χ0v) is 20.6. The van der Waals surface area contributed by atoms with E-state index in [1.165, 1.54) is 0 Å². The summed E-state index contributed by atoms with van der Waals surface area (Å²) in [5.74, 6) is -1.29. The number of thioether (sulfide) groups is 1. The molecule has 186 valence electrons. The number of aliphatic hydroxyl groups is 1. The molecule has 3 N–H and O–H groups in total. The second-order valence-electron chi connectivity index (χ2n) is 9.58. The van der Waals surface area contributed by atoms with Crippen LogP contribution < -0.4 is 10.6 Å². The molecule has 4 aliphatic heterocycles. The van der Waals surface area contributed by atoms with Gasteiger partial charge in [-0.05, 0) is 25.7 Å². The van der Waals surface area contributed by atoms with Crippen molar-refractivity contribution in [3.8, 4) is 0 Å². The molecule has 6 atom stereocenters. The summed E-state index contributed by atoms with van der Waals surface area (Å²) in [7, 11) is 0. The fourth-order valence-corrected chi connectivity index (χ4v) is 8.33. The standard InChI is InChI=1S/C23H38N4O5S/c1-3-7-24-20(29)17-16-5-6-23(33-16)18(17)22(31)27(15(4-2)14-28)19(23)21(30)25-8-9-26-10-12-32-13-11-26/h15-19,28H,3-14H2,1-2H3,(H,24,29)(H,25,30)/t15-,16+,17-,18-,19?,23?/m0/s1. The maximum Gasteiger partial charge on any atom is 0.244 e. The summed E-state index contributed by atoms with van der Waals surface area (Å²) in [6.07, 6.45) is 2.97. The Balaban J connectivity index is 1.55. The second-order valence-corrected chi connectivity index (χ2v) is 11.2. The largest absolute Gasteiger partial charge is 0.394 e. The van der Waals surface area contributed by atoms with Crippen molar-refractivity contribution < 1.29 is 24.2 Å². The van der Waals surface area contributed by atoms with E-state index >= 15 is 0 Å². The Bertz CT molecular complexity index is 744. The van der Waals surface area contributed by atoms with Gasteiger partial charge in [0.2, 0.25) is 17.7 Å². The molecule has 2 unspecified atom stereocenters. The van der Waals surface area contributed by atoms with Gasteiger partial charge in [-0.2, -0.15) is 0 Å². The number of aliphatic hydroxyl groups excluding tert-OH is 1. The number of fused-ring (bicyclic) bond motifs is 1. The van der Waals surface area contributed by atoms with E-state index in [9.17, 15) is 19.5 Å². The Morgan fingerprint density at radius 2 is 1.94 bits per heavy atom. The summed E-state index contributed by atoms with van der Waals surface area (Å²) in [5, 5.41) is 16.2. The first-order chi connectivity index (χ1) is 16.0. The molecule has 3 amide bonds. The van der Waals surface area contributed by atoms with Crippen molar-refractivity contribution in [3.05, 3.63) is 0 Å². The van der Waals surface area contributed by atoms with Crippen LogP contribution in [0.2, 0.25) is 0 Å². The SMILES string of the molecule is CCCNC(=O)[C@@H]1[C@H]2C(=O)N([C@@H](CC)CO)C(C(=O)NCCN3CCOCC3)C23CC[C@H]1S3. The van der Waals surface area contributed by atoms with Gasteiger partial charge in [0, 0.05) is 38.0 Å². The summed E-state index contributed by atoms with van der Waals surface area (Å²) < 4.78 is 4.79. The predicted molar refractivity (Wildman–Crippen MR) is 126 cm³/mol. The van der Waals surface area contributed by atoms with Crippen molar-refractivity contribution in [2.45, 2.75) is 61.6 Å². The van der Waals surface area contributed by atoms with Crippen LogP contribution in [-0.2, 0) is 19.1 Å². The average Bonchev–Trinajstić information content (AvgIpc) is 3.47. The lowest BCUT2D eigenvalue weighted by Gasteiger charge is -2.37. The zero-order chi connectivity index (χ0) is 23.6. The quantitative estimate of drug-likeness (QED) is 0.396. The Labute approximate surface area is 200 Å². The topological polar surface area (TPSA) is 111 Å². The second kappa shape index (κ2) is 10.5. The van der Waals surface area contributed by atoms with E-state index in [1.807, 2.05) is 13.8 Å². The summed E-state index contributed by atoms with van der Waals surface area (Å²) >= 11 is 1.67. The van der Waals surface area contributed by atoms with E-state index < -0.39 is 28.7 Å². The van der Waals surface area contributed by atoms with Gasteiger partial charge >= 0.3 is 0 Å². The molecule has 2 bridgehead atoms. The highest BCUT2D eigenvalue weighted by molar-refractivity contribution is 8.02. The van der Waals surface area contributed by atoms with Crippen LogP contribution in [0.3, 0.4) is 0 Å². The summed E-state index contributed by atoms with van der Waals surface area (Å²) in [6.45, 7) is 8.68. The zero-order valence-electron chi connectivity index (χ0n) is 19.8. The summed E-state index contributed by atoms with van der Waals surface area (Å²) in [5.41, 5.74) is 0. The molecular formula is C23H38N4O5S. The number of ether oxygens (including phenoxy) is 1. The van der Waals surface area contributed by atoms with Gasteiger partial charge in [0.05, 0.1) is 42.4 Å². The third kappa shape index (κ3) is 4.39. The van der Waals surface area contributed by atoms with E-state index in [0.717, 1.165) is 38.9 Å². The Hall–Kier alpha value is -1.36. The van der Waals surface area contributed by atoms with Crippen molar-refractivity contribution in [1.82, 2.24) is 20.4 Å². The van der Waals surface area contributed by atoms with Gasteiger partial charge < -0.3 is 25.4 Å². The van der Waals surface area contributed by atoms with Crippen molar-refractivity contribution in [3.63, 3.8) is 0 Å². The molecule has 0 aliphatic carbocycles. The van der Waals surface area contributed by atoms with Gasteiger partial charge in [0.1, 0.15) is 6.04 Å². The van der Waals surface area contributed by atoms with Crippen LogP contribution in [0, 0.1) is 11.8 Å². The van der Waals surface area contributed by atoms with Gasteiger partial charge in [-0.15, -0.1) is 11.8 Å². The lowest BCUT2D eigenvalue weighted by molar-refractivity contribution is -0.142. The molecule has 0 aromatic carbocycles. The van der Waals surface area contributed by atoms with Crippen LogP contribution in [-0.4, -0.2) is 107 Å². The van der Waals surface area contributed by atoms with Crippen LogP contribution in [0.1, 0.15) is 39.5 Å². The Morgan fingerprint density at radius 1 is 1.21 bits per heavy atom. The molecular weight excluding hydrogens is 444 g/mol. The van der Waals surface area contributed by atoms with Gasteiger partial charge in [0.25, 0.3) is 0 Å². The van der Waals surface area contributed by atoms with Crippen molar-refractivity contribution in [1.29, 1.82) is 0 Å². The number of amides is 3. The number of rotatable bonds is 10. The van der Waals surface area contributed by atoms with Crippen LogP contribution in [0.25, 0.3) is 0 Å². The molecule has 0 radical (unpaired) electrons. The van der Waals surface area contributed by atoms with Gasteiger partial charge in [-0.25, -0.2) is 0 Å². The number of carbonyl (C=O) groups is 3. The van der Waals surface area contributed by atoms with Crippen LogP contribution >= 0.6 is 11.8 Å². The Morgan fingerprint density at radius 3 is 2.61 bits per heavy atom. The summed E-state index contributed by atoms with van der Waals surface area (Å²) in [4.78, 5) is 44.3. The Kier molecular flexibility index (Phi) is 7.87. The normalized spacial score (nSPS) is 34.4. The number of hydrogen-bond donors (Lipinski definition) is 3. The van der Waals surface area contributed by atoms with Crippen molar-refractivity contribution in [2.24, 2.45) is 11.8 Å². The van der Waals surface area contributed by atoms with E-state index in [4.69, 9.17) is 4.74 Å². The van der Waals surface area contributed by atoms with Crippen LogP contribution in [0.5, 0.6) is 0 Å². The molecule has 4 heterocycles. The number of carbonyl (C=O) groups excluding carboxylic acids is 3. The van der Waals surface area contributed by atoms with Gasteiger partial charge in [-0.3, -0.25) is 19.3 Å². The average molecular weight is 483 g/mol. The lowest BCUT2D eigenvalue weighted by Crippen LogP contribution is -2.57. The first-order valence-electron chi connectivity index (χ1n) is 12.4. The summed E-state index contributed by atoms with van der Waals surface area (Å²) in [6, 6.07) is -1.08. The van der Waals surface area contributed by atoms with E-state index in [-0.39, 0.29) is 29.6 Å². The van der Waals surface area contributed by atoms with E-state index in [0.29, 0.717) is 32.7 Å². The number of nitrogens with zero attached hydrogens (tertiary/aromatic N) is 2. The number of nitrogens with one attached hydrogen (secondary N) is 2. The minimum atomic E-state index is -0.657. The number of likely N-dealkylation sites (tertiary alicyclic amines) is 1. The van der Waals surface area contributed by atoms with Crippen LogP contribution in [0.4, 0.5) is 0 Å². The smallest absolute Gasteiger partial charge is 0.244 e. The third-order valence-corrected chi connectivity index (χ3v) is 9.70. The fourth-order valence-electron chi connectivity index (χ4n) is 6.12. The van der Waals surface area contributed by atoms with E-state index in [2.05, 4.69) is 15.5 Å². The number of hydrogen-bond acceptors (Lipinski definition) is 7. The molecule has 4 saturated heterocycles.